The van der Waals surface area contributed by atoms with Crippen LogP contribution >= 0.6 is 11.6 Å². The van der Waals surface area contributed by atoms with E-state index < -0.39 is 23.2 Å². The summed E-state index contributed by atoms with van der Waals surface area (Å²) in [6.07, 6.45) is -3.13. The van der Waals surface area contributed by atoms with Crippen molar-refractivity contribution in [2.75, 3.05) is 5.32 Å². The number of amides is 1. The summed E-state index contributed by atoms with van der Waals surface area (Å²) in [6.45, 7) is -0.148. The number of carbonyl (C=O) groups is 1. The average molecular weight is 432 g/mol. The minimum absolute atomic E-state index is 0.141. The van der Waals surface area contributed by atoms with E-state index >= 15 is 0 Å². The Hall–Kier alpha value is -3.57. The molecular weight excluding hydrogens is 419 g/mol. The number of aromatic nitrogens is 1. The van der Waals surface area contributed by atoms with Gasteiger partial charge in [0.2, 0.25) is 0 Å². The molecule has 0 fully saturated rings. The van der Waals surface area contributed by atoms with Crippen molar-refractivity contribution >= 4 is 23.2 Å². The van der Waals surface area contributed by atoms with Crippen molar-refractivity contribution in [1.82, 2.24) is 4.57 Å². The van der Waals surface area contributed by atoms with Crippen LogP contribution in [0.5, 0.6) is 0 Å². The average Bonchev–Trinajstić information content (AvgIpc) is 2.69. The van der Waals surface area contributed by atoms with Crippen LogP contribution in [-0.2, 0) is 12.7 Å². The third kappa shape index (κ3) is 4.70. The summed E-state index contributed by atoms with van der Waals surface area (Å²) < 4.78 is 39.8. The first kappa shape index (κ1) is 21.1. The molecule has 3 rings (SSSR count). The lowest BCUT2D eigenvalue weighted by Gasteiger charge is -2.12. The molecule has 0 aliphatic rings. The zero-order chi connectivity index (χ0) is 21.9. The van der Waals surface area contributed by atoms with E-state index in [4.69, 9.17) is 16.9 Å². The first-order valence-corrected chi connectivity index (χ1v) is 8.93. The molecule has 30 heavy (non-hydrogen) atoms. The second kappa shape index (κ2) is 8.43. The molecule has 0 saturated carbocycles. The van der Waals surface area contributed by atoms with E-state index in [0.717, 1.165) is 16.7 Å². The zero-order valence-electron chi connectivity index (χ0n) is 15.2. The second-order valence-corrected chi connectivity index (χ2v) is 6.75. The first-order valence-electron chi connectivity index (χ1n) is 8.55. The fourth-order valence-electron chi connectivity index (χ4n) is 2.78. The summed E-state index contributed by atoms with van der Waals surface area (Å²) in [5.41, 5.74) is -1.19. The van der Waals surface area contributed by atoms with E-state index in [9.17, 15) is 22.8 Å². The van der Waals surface area contributed by atoms with Crippen LogP contribution in [0.4, 0.5) is 18.9 Å². The van der Waals surface area contributed by atoms with E-state index in [0.29, 0.717) is 5.02 Å². The molecule has 0 radical (unpaired) electrons. The Kier molecular flexibility index (Phi) is 5.94. The number of alkyl halides is 3. The molecule has 2 aromatic carbocycles. The maximum atomic E-state index is 12.9. The SMILES string of the molecule is N#Cc1ccc(Cl)cc1NC(=O)c1cccn(Cc2cccc(C(F)(F)F)c2)c1=O. The van der Waals surface area contributed by atoms with Crippen molar-refractivity contribution < 1.29 is 18.0 Å². The number of hydrogen-bond donors (Lipinski definition) is 1. The summed E-state index contributed by atoms with van der Waals surface area (Å²) in [7, 11) is 0. The molecule has 0 unspecified atom stereocenters. The molecule has 9 heteroatoms. The zero-order valence-corrected chi connectivity index (χ0v) is 16.0. The van der Waals surface area contributed by atoms with Crippen LogP contribution in [0.25, 0.3) is 0 Å². The topological polar surface area (TPSA) is 74.9 Å². The predicted octanol–water partition coefficient (Wildman–Crippen LogP) is 4.69. The van der Waals surface area contributed by atoms with Gasteiger partial charge in [0.15, 0.2) is 0 Å². The Bertz CT molecular complexity index is 1210. The second-order valence-electron chi connectivity index (χ2n) is 6.31. The monoisotopic (exact) mass is 431 g/mol. The fourth-order valence-corrected chi connectivity index (χ4v) is 2.96. The van der Waals surface area contributed by atoms with Gasteiger partial charge in [-0.05, 0) is 48.0 Å². The van der Waals surface area contributed by atoms with Crippen molar-refractivity contribution in [3.63, 3.8) is 0 Å². The van der Waals surface area contributed by atoms with Gasteiger partial charge in [-0.15, -0.1) is 0 Å². The summed E-state index contributed by atoms with van der Waals surface area (Å²) in [4.78, 5) is 25.3. The summed E-state index contributed by atoms with van der Waals surface area (Å²) in [5, 5.41) is 11.9. The molecule has 0 atom stereocenters. The number of carbonyl (C=O) groups excluding carboxylic acids is 1. The van der Waals surface area contributed by atoms with Crippen LogP contribution in [0, 0.1) is 11.3 Å². The number of nitrogens with zero attached hydrogens (tertiary/aromatic N) is 2. The lowest BCUT2D eigenvalue weighted by atomic mass is 10.1. The van der Waals surface area contributed by atoms with Gasteiger partial charge in [0, 0.05) is 11.2 Å². The minimum atomic E-state index is -4.50. The Labute approximate surface area is 174 Å². The third-order valence-corrected chi connectivity index (χ3v) is 4.46. The molecule has 0 spiro atoms. The predicted molar refractivity (Wildman–Crippen MR) is 105 cm³/mol. The standard InChI is InChI=1S/C21H13ClF3N3O2/c22-16-7-6-14(11-26)18(10-16)27-19(29)17-5-2-8-28(20(17)30)12-13-3-1-4-15(9-13)21(23,24)25/h1-10H,12H2,(H,27,29). The van der Waals surface area contributed by atoms with E-state index in [1.807, 2.05) is 6.07 Å². The molecule has 1 N–H and O–H groups in total. The van der Waals surface area contributed by atoms with E-state index in [-0.39, 0.29) is 28.9 Å². The molecule has 1 heterocycles. The first-order chi connectivity index (χ1) is 14.2. The summed E-state index contributed by atoms with van der Waals surface area (Å²) in [6, 6.07) is 13.5. The summed E-state index contributed by atoms with van der Waals surface area (Å²) in [5.74, 6) is -0.767. The highest BCUT2D eigenvalue weighted by Crippen LogP contribution is 2.29. The van der Waals surface area contributed by atoms with Crippen molar-refractivity contribution in [2.24, 2.45) is 0 Å². The maximum Gasteiger partial charge on any atom is 0.416 e. The molecular formula is C21H13ClF3N3O2. The van der Waals surface area contributed by atoms with Crippen LogP contribution in [-0.4, -0.2) is 10.5 Å². The number of rotatable bonds is 4. The molecule has 1 aromatic heterocycles. The van der Waals surface area contributed by atoms with Gasteiger partial charge >= 0.3 is 6.18 Å². The van der Waals surface area contributed by atoms with Crippen molar-refractivity contribution in [3.8, 4) is 6.07 Å². The van der Waals surface area contributed by atoms with Gasteiger partial charge < -0.3 is 9.88 Å². The Morgan fingerprint density at radius 3 is 2.60 bits per heavy atom. The van der Waals surface area contributed by atoms with Gasteiger partial charge in [0.05, 0.1) is 23.4 Å². The lowest BCUT2D eigenvalue weighted by molar-refractivity contribution is -0.137. The van der Waals surface area contributed by atoms with Crippen LogP contribution in [0.15, 0.2) is 65.6 Å². The minimum Gasteiger partial charge on any atom is -0.321 e. The number of benzene rings is 2. The van der Waals surface area contributed by atoms with Crippen LogP contribution in [0.3, 0.4) is 0 Å². The highest BCUT2D eigenvalue weighted by atomic mass is 35.5. The van der Waals surface area contributed by atoms with Crippen molar-refractivity contribution in [2.45, 2.75) is 12.7 Å². The van der Waals surface area contributed by atoms with E-state index in [2.05, 4.69) is 5.32 Å². The normalized spacial score (nSPS) is 11.0. The van der Waals surface area contributed by atoms with Gasteiger partial charge in [-0.2, -0.15) is 18.4 Å². The maximum absolute atomic E-state index is 12.9. The molecule has 3 aromatic rings. The molecule has 0 aliphatic heterocycles. The molecule has 152 valence electrons. The molecule has 0 bridgehead atoms. The van der Waals surface area contributed by atoms with Gasteiger partial charge in [0.1, 0.15) is 11.6 Å². The number of nitrogens with one attached hydrogen (secondary N) is 1. The molecule has 1 amide bonds. The van der Waals surface area contributed by atoms with Crippen molar-refractivity contribution in [1.29, 1.82) is 5.26 Å². The number of pyridine rings is 1. The van der Waals surface area contributed by atoms with Crippen LogP contribution < -0.4 is 10.9 Å². The number of anilines is 1. The number of nitriles is 1. The molecule has 5 nitrogen and oxygen atoms in total. The van der Waals surface area contributed by atoms with Gasteiger partial charge in [-0.3, -0.25) is 9.59 Å². The van der Waals surface area contributed by atoms with Gasteiger partial charge in [0.25, 0.3) is 11.5 Å². The number of hydrogen-bond acceptors (Lipinski definition) is 3. The Balaban J connectivity index is 1.89. The molecule has 0 aliphatic carbocycles. The Morgan fingerprint density at radius 1 is 1.13 bits per heavy atom. The number of halogens is 4. The smallest absolute Gasteiger partial charge is 0.321 e. The van der Waals surface area contributed by atoms with Crippen LogP contribution in [0.2, 0.25) is 5.02 Å². The van der Waals surface area contributed by atoms with Crippen LogP contribution in [0.1, 0.15) is 27.0 Å². The lowest BCUT2D eigenvalue weighted by Crippen LogP contribution is -2.29. The highest BCUT2D eigenvalue weighted by Gasteiger charge is 2.30. The van der Waals surface area contributed by atoms with E-state index in [1.54, 1.807) is 0 Å². The molecule has 0 saturated heterocycles. The van der Waals surface area contributed by atoms with Gasteiger partial charge in [-0.1, -0.05) is 23.7 Å². The summed E-state index contributed by atoms with van der Waals surface area (Å²) >= 11 is 5.89. The highest BCUT2D eigenvalue weighted by molar-refractivity contribution is 6.31. The van der Waals surface area contributed by atoms with E-state index in [1.165, 1.54) is 48.7 Å². The Morgan fingerprint density at radius 2 is 1.90 bits per heavy atom. The quantitative estimate of drug-likeness (QED) is 0.651. The van der Waals surface area contributed by atoms with Gasteiger partial charge in [-0.25, -0.2) is 0 Å². The fraction of sp³-hybridized carbons (Fsp3) is 0.0952. The largest absolute Gasteiger partial charge is 0.416 e. The van der Waals surface area contributed by atoms with Crippen molar-refractivity contribution in [3.05, 3.63) is 98.4 Å². The third-order valence-electron chi connectivity index (χ3n) is 4.22.